The molecule has 24 heavy (non-hydrogen) atoms. The topological polar surface area (TPSA) is 68.5 Å². The molecular weight excluding hydrogens is 353 g/mol. The molecule has 3 aromatic rings. The Morgan fingerprint density at radius 1 is 1.08 bits per heavy atom. The molecule has 1 N–H and O–H groups in total. The van der Waals surface area contributed by atoms with E-state index >= 15 is 0 Å². The molecule has 7 heteroatoms. The number of halogens is 2. The number of nitrogens with one attached hydrogen (secondary N) is 1. The number of para-hydroxylation sites is 1. The molecule has 0 saturated carbocycles. The fourth-order valence-corrected chi connectivity index (χ4v) is 2.42. The van der Waals surface area contributed by atoms with Crippen molar-refractivity contribution in [3.8, 4) is 0 Å². The van der Waals surface area contributed by atoms with Crippen molar-refractivity contribution >= 4 is 51.7 Å². The third-order valence-corrected chi connectivity index (χ3v) is 4.01. The molecule has 0 unspecified atom stereocenters. The highest BCUT2D eigenvalue weighted by Crippen LogP contribution is 2.29. The summed E-state index contributed by atoms with van der Waals surface area (Å²) in [7, 11) is 0. The Bertz CT molecular complexity index is 887. The molecule has 5 nitrogen and oxygen atoms in total. The van der Waals surface area contributed by atoms with Gasteiger partial charge in [0.15, 0.2) is 6.61 Å². The van der Waals surface area contributed by atoms with Crippen LogP contribution in [0.15, 0.2) is 52.9 Å². The average Bonchev–Trinajstić information content (AvgIpc) is 3.01. The number of anilines is 1. The summed E-state index contributed by atoms with van der Waals surface area (Å²) in [5.41, 5.74) is 0.911. The lowest BCUT2D eigenvalue weighted by Crippen LogP contribution is -2.20. The van der Waals surface area contributed by atoms with Gasteiger partial charge in [0.2, 0.25) is 5.76 Å². The van der Waals surface area contributed by atoms with Crippen molar-refractivity contribution in [2.45, 2.75) is 0 Å². The molecule has 0 aliphatic heterocycles. The average molecular weight is 364 g/mol. The molecule has 3 rings (SSSR count). The van der Waals surface area contributed by atoms with Gasteiger partial charge in [-0.1, -0.05) is 47.5 Å². The SMILES string of the molecule is O=C(COC(=O)c1cc2ccccc2o1)Nc1cccc(Cl)c1Cl. The zero-order valence-electron chi connectivity index (χ0n) is 12.2. The van der Waals surface area contributed by atoms with Gasteiger partial charge in [-0.2, -0.15) is 0 Å². The second-order valence-electron chi connectivity index (χ2n) is 4.87. The number of amides is 1. The lowest BCUT2D eigenvalue weighted by Gasteiger charge is -2.08. The van der Waals surface area contributed by atoms with Crippen LogP contribution in [0.3, 0.4) is 0 Å². The normalized spacial score (nSPS) is 10.6. The van der Waals surface area contributed by atoms with Crippen LogP contribution in [0.5, 0.6) is 0 Å². The van der Waals surface area contributed by atoms with Crippen LogP contribution in [0.1, 0.15) is 10.6 Å². The molecule has 1 amide bonds. The second-order valence-corrected chi connectivity index (χ2v) is 5.66. The largest absolute Gasteiger partial charge is 0.450 e. The van der Waals surface area contributed by atoms with Crippen molar-refractivity contribution in [1.29, 1.82) is 0 Å². The molecule has 0 aliphatic rings. The van der Waals surface area contributed by atoms with Crippen LogP contribution in [-0.2, 0) is 9.53 Å². The van der Waals surface area contributed by atoms with Gasteiger partial charge in [0.05, 0.1) is 15.7 Å². The van der Waals surface area contributed by atoms with Gasteiger partial charge < -0.3 is 14.5 Å². The monoisotopic (exact) mass is 363 g/mol. The Hall–Kier alpha value is -2.50. The number of carbonyl (C=O) groups is 2. The van der Waals surface area contributed by atoms with Crippen LogP contribution in [0.4, 0.5) is 5.69 Å². The standard InChI is InChI=1S/C17H11Cl2NO4/c18-11-5-3-6-12(16(11)19)20-15(21)9-23-17(22)14-8-10-4-1-2-7-13(10)24-14/h1-8H,9H2,(H,20,21). The van der Waals surface area contributed by atoms with E-state index in [1.165, 1.54) is 0 Å². The van der Waals surface area contributed by atoms with Crippen molar-refractivity contribution < 1.29 is 18.7 Å². The second kappa shape index (κ2) is 6.95. The summed E-state index contributed by atoms with van der Waals surface area (Å²) < 4.78 is 10.3. The summed E-state index contributed by atoms with van der Waals surface area (Å²) in [5.74, 6) is -1.23. The van der Waals surface area contributed by atoms with Crippen molar-refractivity contribution in [1.82, 2.24) is 0 Å². The summed E-state index contributed by atoms with van der Waals surface area (Å²) in [6.45, 7) is -0.473. The van der Waals surface area contributed by atoms with E-state index in [0.717, 1.165) is 5.39 Å². The van der Waals surface area contributed by atoms with Crippen LogP contribution in [0.25, 0.3) is 11.0 Å². The minimum Gasteiger partial charge on any atom is -0.450 e. The van der Waals surface area contributed by atoms with Gasteiger partial charge in [-0.25, -0.2) is 4.79 Å². The molecule has 2 aromatic carbocycles. The maximum Gasteiger partial charge on any atom is 0.374 e. The van der Waals surface area contributed by atoms with Crippen molar-refractivity contribution in [2.75, 3.05) is 11.9 Å². The summed E-state index contributed by atoms with van der Waals surface area (Å²) in [6.07, 6.45) is 0. The van der Waals surface area contributed by atoms with Gasteiger partial charge in [0.1, 0.15) is 5.58 Å². The molecule has 0 spiro atoms. The lowest BCUT2D eigenvalue weighted by atomic mass is 10.2. The maximum absolute atomic E-state index is 11.9. The fraction of sp³-hybridized carbons (Fsp3) is 0.0588. The van der Waals surface area contributed by atoms with Crippen LogP contribution < -0.4 is 5.32 Å². The van der Waals surface area contributed by atoms with Crippen LogP contribution in [0, 0.1) is 0 Å². The van der Waals surface area contributed by atoms with E-state index in [4.69, 9.17) is 32.4 Å². The van der Waals surface area contributed by atoms with Gasteiger partial charge in [-0.15, -0.1) is 0 Å². The Labute approximate surface area is 147 Å². The number of benzene rings is 2. The first kappa shape index (κ1) is 16.4. The van der Waals surface area contributed by atoms with E-state index in [0.29, 0.717) is 16.3 Å². The van der Waals surface area contributed by atoms with E-state index in [1.807, 2.05) is 12.1 Å². The third-order valence-electron chi connectivity index (χ3n) is 3.19. The van der Waals surface area contributed by atoms with Gasteiger partial charge in [0.25, 0.3) is 5.91 Å². The highest BCUT2D eigenvalue weighted by atomic mass is 35.5. The number of hydrogen-bond donors (Lipinski definition) is 1. The highest BCUT2D eigenvalue weighted by molar-refractivity contribution is 6.44. The van der Waals surface area contributed by atoms with Crippen LogP contribution in [-0.4, -0.2) is 18.5 Å². The summed E-state index contributed by atoms with van der Waals surface area (Å²) in [6, 6.07) is 13.6. The molecule has 0 fully saturated rings. The zero-order valence-corrected chi connectivity index (χ0v) is 13.7. The number of furan rings is 1. The van der Waals surface area contributed by atoms with Gasteiger partial charge in [-0.05, 0) is 24.3 Å². The van der Waals surface area contributed by atoms with Crippen molar-refractivity contribution in [3.05, 3.63) is 64.3 Å². The molecule has 0 saturated heterocycles. The van der Waals surface area contributed by atoms with E-state index in [2.05, 4.69) is 5.32 Å². The molecule has 1 heterocycles. The smallest absolute Gasteiger partial charge is 0.374 e. The Kier molecular flexibility index (Phi) is 4.74. The van der Waals surface area contributed by atoms with Crippen molar-refractivity contribution in [3.63, 3.8) is 0 Å². The quantitative estimate of drug-likeness (QED) is 0.691. The minimum atomic E-state index is -0.724. The number of fused-ring (bicyclic) bond motifs is 1. The molecule has 0 aliphatic carbocycles. The zero-order chi connectivity index (χ0) is 17.1. The van der Waals surface area contributed by atoms with E-state index in [1.54, 1.807) is 36.4 Å². The predicted octanol–water partition coefficient (Wildman–Crippen LogP) is 4.54. The Balaban J connectivity index is 1.61. The van der Waals surface area contributed by atoms with Gasteiger partial charge in [0, 0.05) is 5.39 Å². The van der Waals surface area contributed by atoms with Crippen LogP contribution >= 0.6 is 23.2 Å². The molecule has 0 radical (unpaired) electrons. The third kappa shape index (κ3) is 3.53. The minimum absolute atomic E-state index is 0.0322. The van der Waals surface area contributed by atoms with Crippen LogP contribution in [0.2, 0.25) is 10.0 Å². The first-order valence-electron chi connectivity index (χ1n) is 6.94. The van der Waals surface area contributed by atoms with E-state index in [-0.39, 0.29) is 10.8 Å². The van der Waals surface area contributed by atoms with Gasteiger partial charge in [-0.3, -0.25) is 4.79 Å². The fourth-order valence-electron chi connectivity index (χ4n) is 2.07. The summed E-state index contributed by atoms with van der Waals surface area (Å²) in [5, 5.41) is 3.83. The van der Waals surface area contributed by atoms with E-state index in [9.17, 15) is 9.59 Å². The number of rotatable bonds is 4. The predicted molar refractivity (Wildman–Crippen MR) is 91.6 cm³/mol. The number of hydrogen-bond acceptors (Lipinski definition) is 4. The van der Waals surface area contributed by atoms with E-state index < -0.39 is 18.5 Å². The first-order chi connectivity index (χ1) is 11.5. The van der Waals surface area contributed by atoms with Gasteiger partial charge >= 0.3 is 5.97 Å². The van der Waals surface area contributed by atoms with Crippen molar-refractivity contribution in [2.24, 2.45) is 0 Å². The molecule has 0 bridgehead atoms. The molecule has 0 atom stereocenters. The highest BCUT2D eigenvalue weighted by Gasteiger charge is 2.16. The maximum atomic E-state index is 11.9. The lowest BCUT2D eigenvalue weighted by molar-refractivity contribution is -0.119. The number of ether oxygens (including phenoxy) is 1. The number of esters is 1. The molecular formula is C17H11Cl2NO4. The molecule has 1 aromatic heterocycles. The summed E-state index contributed by atoms with van der Waals surface area (Å²) in [4.78, 5) is 23.8. The summed E-state index contributed by atoms with van der Waals surface area (Å²) >= 11 is 11.8. The first-order valence-corrected chi connectivity index (χ1v) is 7.70. The Morgan fingerprint density at radius 2 is 1.88 bits per heavy atom. The molecule has 122 valence electrons. The Morgan fingerprint density at radius 3 is 2.67 bits per heavy atom. The number of carbonyl (C=O) groups excluding carboxylic acids is 2.